The quantitative estimate of drug-likeness (QED) is 0.800. The molecule has 0 atom stereocenters. The maximum Gasteiger partial charge on any atom is 0.274 e. The van der Waals surface area contributed by atoms with Gasteiger partial charge in [-0.15, -0.1) is 0 Å². The van der Waals surface area contributed by atoms with Crippen molar-refractivity contribution in [1.82, 2.24) is 9.97 Å². The molecule has 110 valence electrons. The summed E-state index contributed by atoms with van der Waals surface area (Å²) < 4.78 is 24.9. The van der Waals surface area contributed by atoms with Gasteiger partial charge in [-0.3, -0.25) is 4.79 Å². The summed E-state index contributed by atoms with van der Waals surface area (Å²) in [6.45, 7) is 0. The Labute approximate surface area is 124 Å². The highest BCUT2D eigenvalue weighted by Gasteiger charge is 2.10. The van der Waals surface area contributed by atoms with Crippen LogP contribution in [0.5, 0.6) is 0 Å². The predicted molar refractivity (Wildman–Crippen MR) is 78.9 cm³/mol. The van der Waals surface area contributed by atoms with Crippen molar-refractivity contribution in [1.29, 1.82) is 0 Å². The monoisotopic (exact) mass is 299 g/mol. The molecule has 0 aliphatic carbocycles. The molecule has 4 nitrogen and oxygen atoms in total. The molecule has 1 amide bonds. The van der Waals surface area contributed by atoms with Crippen molar-refractivity contribution >= 4 is 22.6 Å². The number of halogens is 2. The summed E-state index contributed by atoms with van der Waals surface area (Å²) in [6.07, 6.45) is -0.932. The molecule has 0 aliphatic heterocycles. The predicted octanol–water partition coefficient (Wildman–Crippen LogP) is 3.82. The molecular formula is C16H11F2N3O. The number of nitrogens with zero attached hydrogens (tertiary/aromatic N) is 2. The molecule has 0 saturated heterocycles. The van der Waals surface area contributed by atoms with E-state index >= 15 is 0 Å². The third-order valence-corrected chi connectivity index (χ3v) is 3.12. The summed E-state index contributed by atoms with van der Waals surface area (Å²) in [5.74, 6) is -0.419. The van der Waals surface area contributed by atoms with Gasteiger partial charge in [-0.05, 0) is 36.4 Å². The average molecular weight is 299 g/mol. The van der Waals surface area contributed by atoms with Crippen molar-refractivity contribution in [2.75, 3.05) is 5.32 Å². The SMILES string of the molecule is O=C(Nc1ccc(C(F)F)cc1)c1ccc2cccnc2n1. The first-order valence-corrected chi connectivity index (χ1v) is 6.55. The maximum absolute atomic E-state index is 12.5. The van der Waals surface area contributed by atoms with Crippen LogP contribution in [0.3, 0.4) is 0 Å². The van der Waals surface area contributed by atoms with Gasteiger partial charge >= 0.3 is 0 Å². The van der Waals surface area contributed by atoms with Gasteiger partial charge in [0.2, 0.25) is 0 Å². The normalized spacial score (nSPS) is 10.9. The van der Waals surface area contributed by atoms with Gasteiger partial charge in [-0.1, -0.05) is 12.1 Å². The second-order valence-electron chi connectivity index (χ2n) is 4.62. The third-order valence-electron chi connectivity index (χ3n) is 3.12. The number of carbonyl (C=O) groups excluding carboxylic acids is 1. The molecule has 3 rings (SSSR count). The van der Waals surface area contributed by atoms with Crippen LogP contribution in [0.25, 0.3) is 11.0 Å². The lowest BCUT2D eigenvalue weighted by Crippen LogP contribution is -2.13. The standard InChI is InChI=1S/C16H11F2N3O/c17-14(18)10-3-6-12(7-4-10)20-16(22)13-8-5-11-2-1-9-19-15(11)21-13/h1-9,14H,(H,20,22). The van der Waals surface area contributed by atoms with Gasteiger partial charge in [0.15, 0.2) is 5.65 Å². The van der Waals surface area contributed by atoms with E-state index in [-0.39, 0.29) is 11.3 Å². The molecule has 0 spiro atoms. The van der Waals surface area contributed by atoms with Crippen molar-refractivity contribution in [2.45, 2.75) is 6.43 Å². The van der Waals surface area contributed by atoms with Gasteiger partial charge in [-0.2, -0.15) is 0 Å². The number of nitrogens with one attached hydrogen (secondary N) is 1. The number of hydrogen-bond acceptors (Lipinski definition) is 3. The minimum atomic E-state index is -2.53. The lowest BCUT2D eigenvalue weighted by molar-refractivity contribution is 0.102. The largest absolute Gasteiger partial charge is 0.321 e. The van der Waals surface area contributed by atoms with E-state index in [1.807, 2.05) is 6.07 Å². The zero-order valence-electron chi connectivity index (χ0n) is 11.3. The Bertz CT molecular complexity index is 819. The van der Waals surface area contributed by atoms with E-state index in [9.17, 15) is 13.6 Å². The van der Waals surface area contributed by atoms with Crippen molar-refractivity contribution in [3.63, 3.8) is 0 Å². The molecule has 1 N–H and O–H groups in total. The zero-order valence-corrected chi connectivity index (χ0v) is 11.3. The molecule has 6 heteroatoms. The maximum atomic E-state index is 12.5. The van der Waals surface area contributed by atoms with Crippen molar-refractivity contribution in [3.8, 4) is 0 Å². The highest BCUT2D eigenvalue weighted by Crippen LogP contribution is 2.20. The molecule has 0 bridgehead atoms. The van der Waals surface area contributed by atoms with Crippen LogP contribution in [0, 0.1) is 0 Å². The fourth-order valence-corrected chi connectivity index (χ4v) is 1.99. The van der Waals surface area contributed by atoms with E-state index < -0.39 is 12.3 Å². The van der Waals surface area contributed by atoms with Crippen LogP contribution in [-0.2, 0) is 0 Å². The topological polar surface area (TPSA) is 54.9 Å². The van der Waals surface area contributed by atoms with Crippen LogP contribution in [0.1, 0.15) is 22.5 Å². The summed E-state index contributed by atoms with van der Waals surface area (Å²) in [7, 11) is 0. The highest BCUT2D eigenvalue weighted by molar-refractivity contribution is 6.03. The molecule has 0 radical (unpaired) electrons. The van der Waals surface area contributed by atoms with Crippen LogP contribution in [0.4, 0.5) is 14.5 Å². The van der Waals surface area contributed by atoms with Crippen molar-refractivity contribution in [2.24, 2.45) is 0 Å². The fourth-order valence-electron chi connectivity index (χ4n) is 1.99. The van der Waals surface area contributed by atoms with E-state index in [0.29, 0.717) is 11.3 Å². The number of benzene rings is 1. The zero-order chi connectivity index (χ0) is 15.5. The van der Waals surface area contributed by atoms with Gasteiger partial charge in [0.05, 0.1) is 0 Å². The summed E-state index contributed by atoms with van der Waals surface area (Å²) >= 11 is 0. The van der Waals surface area contributed by atoms with E-state index in [1.165, 1.54) is 24.3 Å². The molecular weight excluding hydrogens is 288 g/mol. The summed E-state index contributed by atoms with van der Waals surface area (Å²) in [6, 6.07) is 12.4. The minimum Gasteiger partial charge on any atom is -0.321 e. The third kappa shape index (κ3) is 2.90. The number of rotatable bonds is 3. The van der Waals surface area contributed by atoms with Gasteiger partial charge in [-0.25, -0.2) is 18.7 Å². The number of carbonyl (C=O) groups is 1. The number of amides is 1. The fraction of sp³-hybridized carbons (Fsp3) is 0.0625. The molecule has 0 unspecified atom stereocenters. The van der Waals surface area contributed by atoms with E-state index in [0.717, 1.165) is 5.39 Å². The van der Waals surface area contributed by atoms with Crippen LogP contribution < -0.4 is 5.32 Å². The lowest BCUT2D eigenvalue weighted by atomic mass is 10.2. The molecule has 2 aromatic heterocycles. The number of hydrogen-bond donors (Lipinski definition) is 1. The molecule has 0 saturated carbocycles. The summed E-state index contributed by atoms with van der Waals surface area (Å²) in [5, 5.41) is 3.45. The van der Waals surface area contributed by atoms with Crippen LogP contribution in [-0.4, -0.2) is 15.9 Å². The smallest absolute Gasteiger partial charge is 0.274 e. The highest BCUT2D eigenvalue weighted by atomic mass is 19.3. The summed E-state index contributed by atoms with van der Waals surface area (Å²) in [4.78, 5) is 20.4. The first-order valence-electron chi connectivity index (χ1n) is 6.55. The van der Waals surface area contributed by atoms with Crippen LogP contribution in [0.2, 0.25) is 0 Å². The van der Waals surface area contributed by atoms with Gasteiger partial charge in [0.25, 0.3) is 12.3 Å². The Kier molecular flexibility index (Phi) is 3.74. The second-order valence-corrected chi connectivity index (χ2v) is 4.62. The molecule has 2 heterocycles. The minimum absolute atomic E-state index is 0.0916. The van der Waals surface area contributed by atoms with Gasteiger partial charge < -0.3 is 5.32 Å². The Morgan fingerprint density at radius 1 is 1.05 bits per heavy atom. The molecule has 0 aliphatic rings. The first kappa shape index (κ1) is 14.1. The van der Waals surface area contributed by atoms with Gasteiger partial charge in [0, 0.05) is 22.8 Å². The van der Waals surface area contributed by atoms with E-state index in [4.69, 9.17) is 0 Å². The number of fused-ring (bicyclic) bond motifs is 1. The molecule has 0 fully saturated rings. The first-order chi connectivity index (χ1) is 10.6. The molecule has 3 aromatic rings. The Balaban J connectivity index is 1.80. The van der Waals surface area contributed by atoms with Crippen LogP contribution >= 0.6 is 0 Å². The Morgan fingerprint density at radius 2 is 1.82 bits per heavy atom. The van der Waals surface area contributed by atoms with Crippen molar-refractivity contribution < 1.29 is 13.6 Å². The number of anilines is 1. The Hall–Kier alpha value is -2.89. The molecule has 1 aromatic carbocycles. The average Bonchev–Trinajstić information content (AvgIpc) is 2.55. The Morgan fingerprint density at radius 3 is 2.55 bits per heavy atom. The van der Waals surface area contributed by atoms with E-state index in [2.05, 4.69) is 15.3 Å². The lowest BCUT2D eigenvalue weighted by Gasteiger charge is -2.06. The van der Waals surface area contributed by atoms with E-state index in [1.54, 1.807) is 24.4 Å². The van der Waals surface area contributed by atoms with Gasteiger partial charge in [0.1, 0.15) is 5.69 Å². The molecule has 22 heavy (non-hydrogen) atoms. The number of alkyl halides is 2. The second kappa shape index (κ2) is 5.85. The van der Waals surface area contributed by atoms with Crippen molar-refractivity contribution in [3.05, 3.63) is 66.0 Å². The number of aromatic nitrogens is 2. The number of pyridine rings is 2. The summed E-state index contributed by atoms with van der Waals surface area (Å²) in [5.41, 5.74) is 1.02. The van der Waals surface area contributed by atoms with Crippen LogP contribution in [0.15, 0.2) is 54.7 Å².